The number of allylic oxidation sites excluding steroid dienone is 2. The Morgan fingerprint density at radius 2 is 1.08 bits per heavy atom. The van der Waals surface area contributed by atoms with Gasteiger partial charge in [-0.05, 0) is 38.5 Å². The third-order valence-electron chi connectivity index (χ3n) is 8.58. The first-order valence-corrected chi connectivity index (χ1v) is 21.4. The van der Waals surface area contributed by atoms with Crippen LogP contribution in [0.25, 0.3) is 0 Å². The van der Waals surface area contributed by atoms with E-state index in [-0.39, 0.29) is 25.8 Å². The number of ether oxygens (including phenoxy) is 2. The van der Waals surface area contributed by atoms with E-state index in [2.05, 4.69) is 26.0 Å². The SMILES string of the molecule is CCCCCC/C=C\CCCCCCCCOCC(COP(=O)(O)OCC[N+](C)(C)C)OC(=O)CCCCCCCCCCCCCC. The summed E-state index contributed by atoms with van der Waals surface area (Å²) in [7, 11) is 1.67. The van der Waals surface area contributed by atoms with Gasteiger partial charge in [-0.25, -0.2) is 4.57 Å². The van der Waals surface area contributed by atoms with Gasteiger partial charge >= 0.3 is 13.8 Å². The lowest BCUT2D eigenvalue weighted by Gasteiger charge is -2.24. The molecule has 0 spiro atoms. The van der Waals surface area contributed by atoms with Gasteiger partial charge in [0.25, 0.3) is 0 Å². The average molecular weight is 705 g/mol. The van der Waals surface area contributed by atoms with Crippen molar-refractivity contribution in [2.45, 2.75) is 180 Å². The molecular weight excluding hydrogens is 625 g/mol. The lowest BCUT2D eigenvalue weighted by molar-refractivity contribution is -0.870. The lowest BCUT2D eigenvalue weighted by Crippen LogP contribution is -2.37. The van der Waals surface area contributed by atoms with Gasteiger partial charge in [0.05, 0.1) is 34.4 Å². The Morgan fingerprint density at radius 3 is 1.60 bits per heavy atom. The number of quaternary nitrogens is 1. The van der Waals surface area contributed by atoms with Gasteiger partial charge in [0.15, 0.2) is 0 Å². The zero-order valence-electron chi connectivity index (χ0n) is 32.2. The number of rotatable bonds is 37. The molecule has 0 amide bonds. The summed E-state index contributed by atoms with van der Waals surface area (Å²) in [5.74, 6) is -0.315. The average Bonchev–Trinajstić information content (AvgIpc) is 3.03. The minimum Gasteiger partial charge on any atom is -0.457 e. The molecule has 0 bridgehead atoms. The molecule has 0 fully saturated rings. The zero-order valence-corrected chi connectivity index (χ0v) is 33.1. The second-order valence-corrected chi connectivity index (χ2v) is 16.1. The van der Waals surface area contributed by atoms with E-state index in [0.29, 0.717) is 24.1 Å². The molecule has 0 aliphatic heterocycles. The van der Waals surface area contributed by atoms with Crippen molar-refractivity contribution in [3.05, 3.63) is 12.2 Å². The molecule has 0 heterocycles. The molecule has 0 rings (SSSR count). The number of likely N-dealkylation sites (N-methyl/N-ethyl adjacent to an activating group) is 1. The predicted molar refractivity (Wildman–Crippen MR) is 201 cm³/mol. The van der Waals surface area contributed by atoms with Gasteiger partial charge in [0, 0.05) is 13.0 Å². The summed E-state index contributed by atoms with van der Waals surface area (Å²) in [6.07, 6.45) is 33.7. The molecule has 0 aromatic carbocycles. The van der Waals surface area contributed by atoms with Crippen LogP contribution in [0, 0.1) is 0 Å². The van der Waals surface area contributed by atoms with E-state index >= 15 is 0 Å². The summed E-state index contributed by atoms with van der Waals surface area (Å²) >= 11 is 0. The number of phosphoric acid groups is 1. The smallest absolute Gasteiger partial charge is 0.457 e. The van der Waals surface area contributed by atoms with E-state index in [4.69, 9.17) is 18.5 Å². The van der Waals surface area contributed by atoms with Gasteiger partial charge in [-0.15, -0.1) is 0 Å². The fraction of sp³-hybridized carbons (Fsp3) is 0.923. The van der Waals surface area contributed by atoms with Gasteiger partial charge in [0.1, 0.15) is 19.3 Å². The number of nitrogens with zero attached hydrogens (tertiary/aromatic N) is 1. The Morgan fingerprint density at radius 1 is 0.625 bits per heavy atom. The number of esters is 1. The maximum absolute atomic E-state index is 12.6. The minimum atomic E-state index is -4.26. The van der Waals surface area contributed by atoms with Crippen molar-refractivity contribution in [1.82, 2.24) is 0 Å². The molecule has 2 unspecified atom stereocenters. The van der Waals surface area contributed by atoms with Crippen LogP contribution in [-0.4, -0.2) is 75.6 Å². The van der Waals surface area contributed by atoms with Crippen LogP contribution in [0.15, 0.2) is 12.2 Å². The van der Waals surface area contributed by atoms with Crippen molar-refractivity contribution in [2.24, 2.45) is 0 Å². The number of carbonyl (C=O) groups excluding carboxylic acids is 1. The zero-order chi connectivity index (χ0) is 35.6. The second-order valence-electron chi connectivity index (χ2n) is 14.7. The molecule has 0 saturated heterocycles. The van der Waals surface area contributed by atoms with Crippen LogP contribution in [0.5, 0.6) is 0 Å². The van der Waals surface area contributed by atoms with Crippen LogP contribution in [0.4, 0.5) is 0 Å². The Labute approximate surface area is 297 Å². The fourth-order valence-electron chi connectivity index (χ4n) is 5.43. The number of carbonyl (C=O) groups is 1. The third-order valence-corrected chi connectivity index (χ3v) is 9.56. The molecule has 2 atom stereocenters. The summed E-state index contributed by atoms with van der Waals surface area (Å²) in [5.41, 5.74) is 0. The molecule has 48 heavy (non-hydrogen) atoms. The Balaban J connectivity index is 4.27. The highest BCUT2D eigenvalue weighted by Gasteiger charge is 2.26. The highest BCUT2D eigenvalue weighted by molar-refractivity contribution is 7.47. The number of hydrogen-bond acceptors (Lipinski definition) is 6. The van der Waals surface area contributed by atoms with Crippen LogP contribution in [0.2, 0.25) is 0 Å². The van der Waals surface area contributed by atoms with Crippen LogP contribution in [-0.2, 0) is 27.9 Å². The number of phosphoric ester groups is 1. The quantitative estimate of drug-likeness (QED) is 0.0226. The van der Waals surface area contributed by atoms with E-state index in [1.165, 1.54) is 122 Å². The first-order valence-electron chi connectivity index (χ1n) is 19.9. The second kappa shape index (κ2) is 33.4. The first-order chi connectivity index (χ1) is 23.1. The van der Waals surface area contributed by atoms with Crippen molar-refractivity contribution >= 4 is 13.8 Å². The molecule has 0 aliphatic carbocycles. The maximum Gasteiger partial charge on any atom is 0.472 e. The van der Waals surface area contributed by atoms with Crippen LogP contribution in [0.1, 0.15) is 174 Å². The molecule has 0 saturated carbocycles. The summed E-state index contributed by atoms with van der Waals surface area (Å²) in [5, 5.41) is 0. The van der Waals surface area contributed by atoms with Gasteiger partial charge in [-0.3, -0.25) is 13.8 Å². The third kappa shape index (κ3) is 36.5. The van der Waals surface area contributed by atoms with Crippen molar-refractivity contribution in [2.75, 3.05) is 54.1 Å². The standard InChI is InChI=1S/C39H78NO7P/c1-6-8-10-12-14-16-18-20-21-23-25-27-29-31-34-44-36-38(37-46-48(42,43)45-35-33-40(3,4)5)47-39(41)32-30-28-26-24-22-19-17-15-13-11-9-7-2/h16,18,38H,6-15,17,19-37H2,1-5H3/p+1/b18-16-. The minimum absolute atomic E-state index is 0.0903. The van der Waals surface area contributed by atoms with E-state index in [1.807, 2.05) is 21.1 Å². The summed E-state index contributed by atoms with van der Waals surface area (Å²) in [4.78, 5) is 22.8. The lowest BCUT2D eigenvalue weighted by atomic mass is 10.0. The summed E-state index contributed by atoms with van der Waals surface area (Å²) in [6, 6.07) is 0. The van der Waals surface area contributed by atoms with E-state index in [9.17, 15) is 14.3 Å². The molecule has 1 N–H and O–H groups in total. The monoisotopic (exact) mass is 705 g/mol. The van der Waals surface area contributed by atoms with Crippen LogP contribution < -0.4 is 0 Å². The van der Waals surface area contributed by atoms with Gasteiger partial charge in [-0.2, -0.15) is 0 Å². The maximum atomic E-state index is 12.6. The Hall–Kier alpha value is -0.760. The number of hydrogen-bond donors (Lipinski definition) is 1. The van der Waals surface area contributed by atoms with E-state index in [0.717, 1.165) is 32.1 Å². The largest absolute Gasteiger partial charge is 0.472 e. The molecule has 0 aliphatic rings. The molecule has 286 valence electrons. The highest BCUT2D eigenvalue weighted by Crippen LogP contribution is 2.43. The molecule has 0 aromatic rings. The fourth-order valence-corrected chi connectivity index (χ4v) is 6.17. The molecular formula is C39H79NO7P+. The van der Waals surface area contributed by atoms with Crippen LogP contribution >= 0.6 is 7.82 Å². The number of unbranched alkanes of at least 4 members (excludes halogenated alkanes) is 21. The molecule has 0 radical (unpaired) electrons. The first kappa shape index (κ1) is 47.2. The van der Waals surface area contributed by atoms with Crippen molar-refractivity contribution < 1.29 is 37.3 Å². The van der Waals surface area contributed by atoms with Gasteiger partial charge < -0.3 is 18.9 Å². The molecule has 8 nitrogen and oxygen atoms in total. The van der Waals surface area contributed by atoms with Crippen molar-refractivity contribution in [3.63, 3.8) is 0 Å². The Bertz CT molecular complexity index is 787. The Kier molecular flexibility index (Phi) is 32.9. The molecule has 9 heteroatoms. The summed E-state index contributed by atoms with van der Waals surface area (Å²) < 4.78 is 34.9. The highest BCUT2D eigenvalue weighted by atomic mass is 31.2. The van der Waals surface area contributed by atoms with E-state index in [1.54, 1.807) is 0 Å². The predicted octanol–water partition coefficient (Wildman–Crippen LogP) is 11.1. The van der Waals surface area contributed by atoms with Crippen molar-refractivity contribution in [3.8, 4) is 0 Å². The van der Waals surface area contributed by atoms with Gasteiger partial charge in [0.2, 0.25) is 0 Å². The molecule has 0 aromatic heterocycles. The van der Waals surface area contributed by atoms with Crippen molar-refractivity contribution in [1.29, 1.82) is 0 Å². The van der Waals surface area contributed by atoms with Crippen LogP contribution in [0.3, 0.4) is 0 Å². The van der Waals surface area contributed by atoms with Gasteiger partial charge in [-0.1, -0.05) is 142 Å². The van der Waals surface area contributed by atoms with E-state index < -0.39 is 13.9 Å². The topological polar surface area (TPSA) is 91.3 Å². The normalized spacial score (nSPS) is 14.0. The summed E-state index contributed by atoms with van der Waals surface area (Å²) in [6.45, 7) is 5.61.